The number of hydrogen-bond acceptors (Lipinski definition) is 5. The van der Waals surface area contributed by atoms with Crippen molar-refractivity contribution in [3.8, 4) is 29.0 Å². The SMILES string of the molecule is C=C(NCC(CCP)c1cc2c(c(-c3cc(CC)c(F)cc3F)n1)OCC2C)c1cc(C)c2ncc(C(F)(F)F)cc2c1.CC#CN.CCCC. The van der Waals surface area contributed by atoms with Crippen LogP contribution >= 0.6 is 9.24 Å². The molecule has 0 fully saturated rings. The fourth-order valence-corrected chi connectivity index (χ4v) is 5.90. The smallest absolute Gasteiger partial charge is 0.417 e. The van der Waals surface area contributed by atoms with Crippen molar-refractivity contribution in [2.75, 3.05) is 19.3 Å². The van der Waals surface area contributed by atoms with Crippen LogP contribution in [0.4, 0.5) is 22.0 Å². The van der Waals surface area contributed by atoms with E-state index >= 15 is 4.39 Å². The number of halogens is 5. The minimum atomic E-state index is -4.50. The molecule has 274 valence electrons. The van der Waals surface area contributed by atoms with Crippen molar-refractivity contribution in [1.82, 2.24) is 15.3 Å². The molecule has 4 aromatic rings. The Kier molecular flexibility index (Phi) is 15.2. The zero-order valence-electron chi connectivity index (χ0n) is 30.2. The zero-order valence-corrected chi connectivity index (χ0v) is 31.4. The molecular weight excluding hydrogens is 678 g/mol. The number of hydrogen-bond donors (Lipinski definition) is 2. The van der Waals surface area contributed by atoms with Gasteiger partial charge in [0.25, 0.3) is 0 Å². The van der Waals surface area contributed by atoms with Crippen molar-refractivity contribution in [2.45, 2.75) is 85.2 Å². The van der Waals surface area contributed by atoms with Crippen LogP contribution in [-0.4, -0.2) is 29.3 Å². The average Bonchev–Trinajstić information content (AvgIpc) is 3.49. The van der Waals surface area contributed by atoms with Crippen LogP contribution in [0.2, 0.25) is 0 Å². The molecule has 11 heteroatoms. The lowest BCUT2D eigenvalue weighted by Gasteiger charge is -2.21. The average molecular weight is 727 g/mol. The lowest BCUT2D eigenvalue weighted by molar-refractivity contribution is -0.137. The first-order valence-electron chi connectivity index (χ1n) is 17.1. The van der Waals surface area contributed by atoms with Gasteiger partial charge in [0, 0.05) is 64.6 Å². The molecule has 3 unspecified atom stereocenters. The van der Waals surface area contributed by atoms with Crippen LogP contribution in [-0.2, 0) is 12.6 Å². The number of ether oxygens (including phenoxy) is 1. The van der Waals surface area contributed by atoms with E-state index in [-0.39, 0.29) is 17.4 Å². The molecule has 51 heavy (non-hydrogen) atoms. The van der Waals surface area contributed by atoms with Crippen LogP contribution < -0.4 is 15.8 Å². The number of rotatable bonds is 10. The van der Waals surface area contributed by atoms with E-state index < -0.39 is 23.4 Å². The number of benzene rings is 2. The van der Waals surface area contributed by atoms with Crippen molar-refractivity contribution >= 4 is 25.8 Å². The number of nitrogens with two attached hydrogens (primary N) is 1. The Morgan fingerprint density at radius 2 is 1.78 bits per heavy atom. The third kappa shape index (κ3) is 10.4. The van der Waals surface area contributed by atoms with E-state index in [9.17, 15) is 17.6 Å². The summed E-state index contributed by atoms with van der Waals surface area (Å²) in [7, 11) is 2.72. The van der Waals surface area contributed by atoms with E-state index in [1.165, 1.54) is 18.9 Å². The van der Waals surface area contributed by atoms with Crippen LogP contribution in [0.5, 0.6) is 5.75 Å². The molecule has 0 spiro atoms. The minimum Gasteiger partial charge on any atom is -0.490 e. The summed E-state index contributed by atoms with van der Waals surface area (Å²) in [5.41, 5.74) is 8.90. The van der Waals surface area contributed by atoms with Crippen LogP contribution in [0.3, 0.4) is 0 Å². The lowest BCUT2D eigenvalue weighted by atomic mass is 9.93. The quantitative estimate of drug-likeness (QED) is 0.0737. The second-order valence-electron chi connectivity index (χ2n) is 12.4. The van der Waals surface area contributed by atoms with Gasteiger partial charge in [0.2, 0.25) is 0 Å². The first-order chi connectivity index (χ1) is 24.2. The minimum absolute atomic E-state index is 0.0694. The van der Waals surface area contributed by atoms with E-state index in [1.807, 2.05) is 26.0 Å². The van der Waals surface area contributed by atoms with Gasteiger partial charge >= 0.3 is 6.18 Å². The van der Waals surface area contributed by atoms with Gasteiger partial charge in [-0.05, 0) is 79.9 Å². The second-order valence-corrected chi connectivity index (χ2v) is 13.0. The predicted molar refractivity (Wildman–Crippen MR) is 202 cm³/mol. The maximum absolute atomic E-state index is 15.1. The van der Waals surface area contributed by atoms with Gasteiger partial charge in [-0.25, -0.2) is 13.8 Å². The molecule has 0 radical (unpaired) electrons. The topological polar surface area (TPSA) is 73.1 Å². The number of pyridine rings is 2. The number of aromatic nitrogens is 2. The van der Waals surface area contributed by atoms with Crippen molar-refractivity contribution < 1.29 is 26.7 Å². The summed E-state index contributed by atoms with van der Waals surface area (Å²) < 4.78 is 75.4. The third-order valence-electron chi connectivity index (χ3n) is 8.59. The molecule has 1 aliphatic heterocycles. The van der Waals surface area contributed by atoms with Crippen molar-refractivity contribution in [3.05, 3.63) is 94.3 Å². The molecule has 0 bridgehead atoms. The Bertz CT molecular complexity index is 1880. The standard InChI is InChI=1S/C33H33F5N3OP.C4H10.C3H5N/c1-5-20-11-26(28(35)13-27(20)34)31-32-25(18(3)16-42-32)12-29(41-31)21(6-7-43)14-39-19(4)22-8-17(2)30-23(9-22)10-24(15-40-30)33(36,37)38;1-3-4-2;1-2-3-4/h8-13,15,18,21,39H,4-7,14,16,43H2,1-3H3;3-4H2,1-2H3;4H2,1H3. The molecule has 5 nitrogen and oxygen atoms in total. The van der Waals surface area contributed by atoms with Gasteiger partial charge in [0.1, 0.15) is 23.1 Å². The number of nitrogens with zero attached hydrogens (tertiary/aromatic N) is 2. The van der Waals surface area contributed by atoms with E-state index in [2.05, 4.69) is 57.7 Å². The van der Waals surface area contributed by atoms with Crippen molar-refractivity contribution in [3.63, 3.8) is 0 Å². The zero-order chi connectivity index (χ0) is 37.9. The molecular formula is C40H48F5N4OP. The van der Waals surface area contributed by atoms with Crippen LogP contribution in [0, 0.1) is 30.5 Å². The Balaban J connectivity index is 0.000000795. The summed E-state index contributed by atoms with van der Waals surface area (Å²) in [5, 5.41) is 3.73. The highest BCUT2D eigenvalue weighted by atomic mass is 31.0. The summed E-state index contributed by atoms with van der Waals surface area (Å²) in [5.74, 6) is 1.64. The van der Waals surface area contributed by atoms with Crippen LogP contribution in [0.15, 0.2) is 49.2 Å². The molecule has 0 saturated heterocycles. The molecule has 0 saturated carbocycles. The first-order valence-corrected chi connectivity index (χ1v) is 17.9. The number of nitrogens with one attached hydrogen (secondary N) is 1. The lowest BCUT2D eigenvalue weighted by Crippen LogP contribution is -2.21. The van der Waals surface area contributed by atoms with E-state index in [0.717, 1.165) is 47.7 Å². The molecule has 2 aromatic heterocycles. The Morgan fingerprint density at radius 1 is 1.10 bits per heavy atom. The number of alkyl halides is 3. The second kappa shape index (κ2) is 18.9. The maximum Gasteiger partial charge on any atom is 0.417 e. The Hall–Kier alpha value is -4.22. The van der Waals surface area contributed by atoms with Gasteiger partial charge < -0.3 is 15.8 Å². The molecule has 5 rings (SSSR count). The van der Waals surface area contributed by atoms with Gasteiger partial charge in [-0.2, -0.15) is 13.2 Å². The van der Waals surface area contributed by atoms with Gasteiger partial charge in [-0.15, -0.1) is 9.24 Å². The summed E-state index contributed by atoms with van der Waals surface area (Å²) >= 11 is 0. The van der Waals surface area contributed by atoms with Gasteiger partial charge in [-0.3, -0.25) is 4.98 Å². The van der Waals surface area contributed by atoms with Gasteiger partial charge in [0.15, 0.2) is 0 Å². The highest BCUT2D eigenvalue weighted by Crippen LogP contribution is 2.43. The summed E-state index contributed by atoms with van der Waals surface area (Å²) in [6, 6.07) is 11.2. The molecule has 3 atom stereocenters. The predicted octanol–water partition coefficient (Wildman–Crippen LogP) is 10.3. The maximum atomic E-state index is 15.1. The first kappa shape index (κ1) is 41.2. The molecule has 3 heterocycles. The largest absolute Gasteiger partial charge is 0.490 e. The molecule has 0 aliphatic carbocycles. The monoisotopic (exact) mass is 726 g/mol. The highest BCUT2D eigenvalue weighted by molar-refractivity contribution is 7.16. The Labute approximate surface area is 300 Å². The number of aryl methyl sites for hydroxylation is 2. The molecule has 0 amide bonds. The summed E-state index contributed by atoms with van der Waals surface area (Å²) in [6.45, 7) is 16.7. The van der Waals surface area contributed by atoms with Gasteiger partial charge in [0.05, 0.1) is 17.7 Å². The number of fused-ring (bicyclic) bond motifs is 2. The van der Waals surface area contributed by atoms with E-state index in [4.69, 9.17) is 9.72 Å². The normalized spacial score (nSPS) is 13.8. The Morgan fingerprint density at radius 3 is 2.37 bits per heavy atom. The summed E-state index contributed by atoms with van der Waals surface area (Å²) in [6.07, 6.45) is 0.894. The van der Waals surface area contributed by atoms with Crippen LogP contribution in [0.1, 0.15) is 99.2 Å². The van der Waals surface area contributed by atoms with E-state index in [1.54, 1.807) is 19.9 Å². The number of unbranched alkanes of at least 4 members (excludes halogenated alkanes) is 1. The van der Waals surface area contributed by atoms with Crippen molar-refractivity contribution in [1.29, 1.82) is 0 Å². The fraction of sp³-hybridized carbons (Fsp3) is 0.400. The van der Waals surface area contributed by atoms with Crippen LogP contribution in [0.25, 0.3) is 27.9 Å². The van der Waals surface area contributed by atoms with Crippen molar-refractivity contribution in [2.24, 2.45) is 5.73 Å². The highest BCUT2D eigenvalue weighted by Gasteiger charge is 2.32. The molecule has 2 aromatic carbocycles. The van der Waals surface area contributed by atoms with Gasteiger partial charge in [-0.1, -0.05) is 53.0 Å². The third-order valence-corrected chi connectivity index (χ3v) is 8.92. The molecule has 1 aliphatic rings. The summed E-state index contributed by atoms with van der Waals surface area (Å²) in [4.78, 5) is 8.93. The van der Waals surface area contributed by atoms with E-state index in [0.29, 0.717) is 58.7 Å². The molecule has 3 N–H and O–H groups in total. The fourth-order valence-electron chi connectivity index (χ4n) is 5.49.